The van der Waals surface area contributed by atoms with Gasteiger partial charge >= 0.3 is 0 Å². The molecule has 10 heteroatoms. The van der Waals surface area contributed by atoms with Gasteiger partial charge in [-0.1, -0.05) is 18.2 Å². The lowest BCUT2D eigenvalue weighted by Crippen LogP contribution is -2.31. The number of likely N-dealkylation sites (tertiary alicyclic amines) is 1. The fourth-order valence-corrected chi connectivity index (χ4v) is 5.11. The molecule has 1 aliphatic rings. The Balaban J connectivity index is 1.40. The van der Waals surface area contributed by atoms with Crippen LogP contribution in [-0.2, 0) is 10.0 Å². The van der Waals surface area contributed by atoms with Crippen molar-refractivity contribution >= 4 is 38.3 Å². The number of nitrogens with one attached hydrogen (secondary N) is 1. The number of carbonyl (C=O) groups excluding carboxylic acids is 1. The second-order valence-corrected chi connectivity index (χ2v) is 11.0. The maximum atomic E-state index is 13.1. The highest BCUT2D eigenvalue weighted by Gasteiger charge is 2.21. The fraction of sp³-hybridized carbons (Fsp3) is 0.259. The lowest BCUT2D eigenvalue weighted by atomic mass is 9.90. The molecule has 0 bridgehead atoms. The molecule has 3 heterocycles. The topological polar surface area (TPSA) is 131 Å². The minimum Gasteiger partial charge on any atom is -0.324 e. The summed E-state index contributed by atoms with van der Waals surface area (Å²) in [6.07, 6.45) is 7.71. The molecule has 37 heavy (non-hydrogen) atoms. The number of primary sulfonamides is 1. The van der Waals surface area contributed by atoms with E-state index in [9.17, 15) is 13.2 Å². The lowest BCUT2D eigenvalue weighted by Gasteiger charge is -2.28. The summed E-state index contributed by atoms with van der Waals surface area (Å²) in [7, 11) is -1.65. The molecule has 0 amide bonds. The van der Waals surface area contributed by atoms with Crippen LogP contribution in [0.3, 0.4) is 0 Å². The van der Waals surface area contributed by atoms with Gasteiger partial charge < -0.3 is 10.2 Å². The Labute approximate surface area is 215 Å². The molecule has 0 spiro atoms. The van der Waals surface area contributed by atoms with Gasteiger partial charge in [-0.25, -0.2) is 23.5 Å². The number of nitrogens with zero attached hydrogens (tertiary/aromatic N) is 4. The number of sulfonamides is 1. The van der Waals surface area contributed by atoms with Gasteiger partial charge in [0.2, 0.25) is 16.0 Å². The first-order valence-corrected chi connectivity index (χ1v) is 13.6. The van der Waals surface area contributed by atoms with Crippen LogP contribution >= 0.6 is 0 Å². The second kappa shape index (κ2) is 10.3. The number of para-hydroxylation sites is 1. The molecule has 9 nitrogen and oxygen atoms in total. The summed E-state index contributed by atoms with van der Waals surface area (Å²) in [4.78, 5) is 28.8. The number of pyridine rings is 1. The number of anilines is 2. The summed E-state index contributed by atoms with van der Waals surface area (Å²) < 4.78 is 23.0. The van der Waals surface area contributed by atoms with E-state index < -0.39 is 10.0 Å². The summed E-state index contributed by atoms with van der Waals surface area (Å²) >= 11 is 0. The predicted molar refractivity (Wildman–Crippen MR) is 143 cm³/mol. The molecule has 0 unspecified atom stereocenters. The number of nitrogens with two attached hydrogens (primary N) is 1. The molecule has 0 saturated carbocycles. The van der Waals surface area contributed by atoms with Crippen LogP contribution in [0.2, 0.25) is 0 Å². The zero-order valence-electron chi connectivity index (χ0n) is 20.5. The zero-order valence-corrected chi connectivity index (χ0v) is 21.3. The number of benzene rings is 2. The van der Waals surface area contributed by atoms with Crippen molar-refractivity contribution < 1.29 is 13.2 Å². The Bertz CT molecular complexity index is 1550. The minimum absolute atomic E-state index is 0.0255. The minimum atomic E-state index is -3.77. The number of aromatic nitrogens is 3. The van der Waals surface area contributed by atoms with E-state index in [-0.39, 0.29) is 10.7 Å². The van der Waals surface area contributed by atoms with Gasteiger partial charge in [0.05, 0.1) is 10.4 Å². The Kier molecular flexibility index (Phi) is 6.96. The summed E-state index contributed by atoms with van der Waals surface area (Å²) in [5.41, 5.74) is 3.59. The van der Waals surface area contributed by atoms with Gasteiger partial charge in [-0.15, -0.1) is 0 Å². The first-order chi connectivity index (χ1) is 17.8. The normalized spacial score (nSPS) is 15.1. The molecule has 4 aromatic rings. The van der Waals surface area contributed by atoms with Crippen molar-refractivity contribution in [2.24, 2.45) is 11.1 Å². The van der Waals surface area contributed by atoms with E-state index in [4.69, 9.17) is 10.1 Å². The van der Waals surface area contributed by atoms with Gasteiger partial charge in [-0.2, -0.15) is 0 Å². The predicted octanol–water partition coefficient (Wildman–Crippen LogP) is 4.00. The standard InChI is InChI=1S/C27H28N6O3S/c1-33-11-9-18(10-12-33)13-25(34)21-14-20(15-29-16-21)24-4-2-3-19-17-30-27(32-26(19)24)31-22-5-7-23(8-6-22)37(28,35)36/h2-8,14-18H,9-13H2,1H3,(H2,28,35,36)(H,30,31,32). The summed E-state index contributed by atoms with van der Waals surface area (Å²) in [5, 5.41) is 9.12. The average Bonchev–Trinajstić information content (AvgIpc) is 2.89. The molecule has 5 rings (SSSR count). The van der Waals surface area contributed by atoms with E-state index in [1.54, 1.807) is 30.7 Å². The molecule has 0 aliphatic carbocycles. The Hall–Kier alpha value is -3.73. The third kappa shape index (κ3) is 5.82. The van der Waals surface area contributed by atoms with E-state index in [1.165, 1.54) is 12.1 Å². The van der Waals surface area contributed by atoms with Crippen LogP contribution in [0.1, 0.15) is 29.6 Å². The monoisotopic (exact) mass is 516 g/mol. The summed E-state index contributed by atoms with van der Waals surface area (Å²) in [6, 6.07) is 13.7. The van der Waals surface area contributed by atoms with Gasteiger partial charge in [-0.3, -0.25) is 9.78 Å². The zero-order chi connectivity index (χ0) is 26.0. The van der Waals surface area contributed by atoms with Crippen LogP contribution < -0.4 is 10.5 Å². The van der Waals surface area contributed by atoms with Gasteiger partial charge in [0.1, 0.15) is 0 Å². The number of carbonyl (C=O) groups is 1. The van der Waals surface area contributed by atoms with E-state index in [1.807, 2.05) is 24.3 Å². The smallest absolute Gasteiger partial charge is 0.238 e. The highest BCUT2D eigenvalue weighted by atomic mass is 32.2. The van der Waals surface area contributed by atoms with Crippen molar-refractivity contribution in [1.82, 2.24) is 19.9 Å². The Morgan fingerprint density at radius 3 is 2.57 bits per heavy atom. The number of piperidine rings is 1. The van der Waals surface area contributed by atoms with Crippen LogP contribution in [0.4, 0.5) is 11.6 Å². The van der Waals surface area contributed by atoms with Crippen LogP contribution in [-0.4, -0.2) is 54.2 Å². The maximum absolute atomic E-state index is 13.1. The van der Waals surface area contributed by atoms with Crippen LogP contribution in [0, 0.1) is 5.92 Å². The van der Waals surface area contributed by atoms with Gasteiger partial charge in [-0.05, 0) is 69.2 Å². The molecule has 0 radical (unpaired) electrons. The van der Waals surface area contributed by atoms with Gasteiger partial charge in [0.25, 0.3) is 0 Å². The van der Waals surface area contributed by atoms with Crippen LogP contribution in [0.15, 0.2) is 72.0 Å². The SMILES string of the molecule is CN1CCC(CC(=O)c2cncc(-c3cccc4cnc(Nc5ccc(S(N)(=O)=O)cc5)nc34)c2)CC1. The van der Waals surface area contributed by atoms with Crippen molar-refractivity contribution in [3.05, 3.63) is 72.7 Å². The largest absolute Gasteiger partial charge is 0.324 e. The van der Waals surface area contributed by atoms with Crippen molar-refractivity contribution in [3.63, 3.8) is 0 Å². The molecule has 190 valence electrons. The van der Waals surface area contributed by atoms with Crippen molar-refractivity contribution in [2.75, 3.05) is 25.5 Å². The van der Waals surface area contributed by atoms with Crippen molar-refractivity contribution in [3.8, 4) is 11.1 Å². The van der Waals surface area contributed by atoms with E-state index in [0.717, 1.165) is 42.4 Å². The molecule has 0 atom stereocenters. The number of Topliss-reactive ketones (excluding diaryl/α,β-unsaturated/α-hetero) is 1. The summed E-state index contributed by atoms with van der Waals surface area (Å²) in [6.45, 7) is 2.05. The molecule has 3 N–H and O–H groups in total. The van der Waals surface area contributed by atoms with Gasteiger partial charge in [0, 0.05) is 52.8 Å². The third-order valence-corrected chi connectivity index (χ3v) is 7.66. The Morgan fingerprint density at radius 1 is 1.08 bits per heavy atom. The first kappa shape index (κ1) is 24.9. The molecule has 1 saturated heterocycles. The third-order valence-electron chi connectivity index (χ3n) is 6.73. The van der Waals surface area contributed by atoms with E-state index in [2.05, 4.69) is 27.2 Å². The highest BCUT2D eigenvalue weighted by molar-refractivity contribution is 7.89. The quantitative estimate of drug-likeness (QED) is 0.353. The number of hydrogen-bond donors (Lipinski definition) is 2. The number of ketones is 1. The van der Waals surface area contributed by atoms with Gasteiger partial charge in [0.15, 0.2) is 5.78 Å². The highest BCUT2D eigenvalue weighted by Crippen LogP contribution is 2.29. The maximum Gasteiger partial charge on any atom is 0.238 e. The van der Waals surface area contributed by atoms with Crippen molar-refractivity contribution in [1.29, 1.82) is 0 Å². The lowest BCUT2D eigenvalue weighted by molar-refractivity contribution is 0.0936. The average molecular weight is 517 g/mol. The van der Waals surface area contributed by atoms with Crippen molar-refractivity contribution in [2.45, 2.75) is 24.2 Å². The number of rotatable bonds is 7. The molecular formula is C27H28N6O3S. The first-order valence-electron chi connectivity index (χ1n) is 12.1. The molecule has 1 aliphatic heterocycles. The van der Waals surface area contributed by atoms with Crippen LogP contribution in [0.5, 0.6) is 0 Å². The second-order valence-electron chi connectivity index (χ2n) is 9.47. The number of hydrogen-bond acceptors (Lipinski definition) is 8. The molecular weight excluding hydrogens is 488 g/mol. The van der Waals surface area contributed by atoms with E-state index >= 15 is 0 Å². The molecule has 2 aromatic carbocycles. The molecule has 2 aromatic heterocycles. The molecule has 1 fully saturated rings. The number of fused-ring (bicyclic) bond motifs is 1. The van der Waals surface area contributed by atoms with Crippen LogP contribution in [0.25, 0.3) is 22.0 Å². The van der Waals surface area contributed by atoms with E-state index in [0.29, 0.717) is 35.1 Å². The fourth-order valence-electron chi connectivity index (χ4n) is 4.59. The Morgan fingerprint density at radius 2 is 1.84 bits per heavy atom. The summed E-state index contributed by atoms with van der Waals surface area (Å²) in [5.74, 6) is 0.875.